The summed E-state index contributed by atoms with van der Waals surface area (Å²) < 4.78 is 0. The van der Waals surface area contributed by atoms with Crippen molar-refractivity contribution < 1.29 is 19.2 Å². The molecule has 6 amide bonds. The summed E-state index contributed by atoms with van der Waals surface area (Å²) in [6, 6.07) is 2.18. The second-order valence-corrected chi connectivity index (χ2v) is 6.40. The maximum atomic E-state index is 12.1. The highest BCUT2D eigenvalue weighted by molar-refractivity contribution is 7.09. The predicted octanol–water partition coefficient (Wildman–Crippen LogP) is 0.501. The van der Waals surface area contributed by atoms with Crippen LogP contribution in [0.4, 0.5) is 9.59 Å². The van der Waals surface area contributed by atoms with Crippen molar-refractivity contribution in [3.63, 3.8) is 0 Å². The Bertz CT molecular complexity index is 623. The van der Waals surface area contributed by atoms with Gasteiger partial charge in [0, 0.05) is 11.4 Å². The first-order chi connectivity index (χ1) is 11.1. The van der Waals surface area contributed by atoms with Crippen LogP contribution >= 0.6 is 11.3 Å². The summed E-state index contributed by atoms with van der Waals surface area (Å²) in [4.78, 5) is 51.0. The van der Waals surface area contributed by atoms with Gasteiger partial charge in [-0.1, -0.05) is 6.07 Å². The number of urea groups is 2. The number of imide groups is 2. The van der Waals surface area contributed by atoms with Gasteiger partial charge in [0.05, 0.1) is 6.54 Å². The van der Waals surface area contributed by atoms with Gasteiger partial charge in [-0.3, -0.25) is 19.8 Å². The first-order valence-corrected chi connectivity index (χ1v) is 8.16. The molecule has 1 aromatic rings. The van der Waals surface area contributed by atoms with E-state index in [1.807, 2.05) is 17.5 Å². The minimum atomic E-state index is -0.684. The average molecular weight is 336 g/mol. The minimum absolute atomic E-state index is 0.314. The van der Waals surface area contributed by atoms with Crippen molar-refractivity contribution >= 4 is 35.2 Å². The molecule has 3 heterocycles. The number of fused-ring (bicyclic) bond motifs is 1. The fourth-order valence-electron chi connectivity index (χ4n) is 2.76. The van der Waals surface area contributed by atoms with Crippen LogP contribution in [0.25, 0.3) is 0 Å². The molecule has 9 heteroatoms. The lowest BCUT2D eigenvalue weighted by molar-refractivity contribution is -0.132. The number of nitrogens with one attached hydrogen (secondary N) is 2. The van der Waals surface area contributed by atoms with Gasteiger partial charge < -0.3 is 10.2 Å². The van der Waals surface area contributed by atoms with Gasteiger partial charge in [0.2, 0.25) is 5.91 Å². The van der Waals surface area contributed by atoms with Crippen molar-refractivity contribution in [3.05, 3.63) is 22.4 Å². The van der Waals surface area contributed by atoms with E-state index in [1.165, 1.54) is 16.2 Å². The van der Waals surface area contributed by atoms with Gasteiger partial charge in [-0.25, -0.2) is 9.59 Å². The molecule has 122 valence electrons. The van der Waals surface area contributed by atoms with Gasteiger partial charge >= 0.3 is 12.1 Å². The molecule has 0 aromatic carbocycles. The molecule has 0 unspecified atom stereocenters. The van der Waals surface area contributed by atoms with Crippen molar-refractivity contribution in [1.29, 1.82) is 0 Å². The summed E-state index contributed by atoms with van der Waals surface area (Å²) in [7, 11) is 0. The molecule has 3 rings (SSSR count). The molecule has 2 aliphatic heterocycles. The first kappa shape index (κ1) is 15.5. The molecule has 23 heavy (non-hydrogen) atoms. The third kappa shape index (κ3) is 3.19. The Balaban J connectivity index is 1.48. The number of hydrogen-bond acceptors (Lipinski definition) is 5. The van der Waals surface area contributed by atoms with Crippen molar-refractivity contribution in [2.45, 2.75) is 25.4 Å². The second-order valence-electron chi connectivity index (χ2n) is 5.37. The van der Waals surface area contributed by atoms with E-state index in [0.29, 0.717) is 19.5 Å². The Labute approximate surface area is 136 Å². The number of rotatable bonds is 4. The van der Waals surface area contributed by atoms with E-state index in [9.17, 15) is 19.2 Å². The normalized spacial score (nSPS) is 19.9. The first-order valence-electron chi connectivity index (χ1n) is 7.28. The van der Waals surface area contributed by atoms with Crippen molar-refractivity contribution in [2.75, 3.05) is 13.1 Å². The molecular weight excluding hydrogens is 320 g/mol. The van der Waals surface area contributed by atoms with E-state index < -0.39 is 30.6 Å². The van der Waals surface area contributed by atoms with E-state index in [-0.39, 0.29) is 5.91 Å². The zero-order valence-corrected chi connectivity index (χ0v) is 13.1. The van der Waals surface area contributed by atoms with Crippen molar-refractivity contribution in [1.82, 2.24) is 20.4 Å². The lowest BCUT2D eigenvalue weighted by Crippen LogP contribution is -2.46. The van der Waals surface area contributed by atoms with Gasteiger partial charge in [0.25, 0.3) is 5.91 Å². The van der Waals surface area contributed by atoms with Crippen molar-refractivity contribution in [3.8, 4) is 0 Å². The van der Waals surface area contributed by atoms with E-state index in [2.05, 4.69) is 10.6 Å². The number of thiophene rings is 1. The van der Waals surface area contributed by atoms with Crippen LogP contribution in [0.1, 0.15) is 17.7 Å². The van der Waals surface area contributed by atoms with Crippen LogP contribution in [0.3, 0.4) is 0 Å². The fourth-order valence-corrected chi connectivity index (χ4v) is 3.41. The molecule has 2 aliphatic rings. The maximum absolute atomic E-state index is 12.1. The summed E-state index contributed by atoms with van der Waals surface area (Å²) in [5, 5.41) is 6.56. The van der Waals surface area contributed by atoms with Crippen LogP contribution in [0.15, 0.2) is 17.5 Å². The van der Waals surface area contributed by atoms with Crippen LogP contribution in [0.2, 0.25) is 0 Å². The molecule has 0 radical (unpaired) electrons. The lowest BCUT2D eigenvalue weighted by atomic mass is 10.2. The Kier molecular flexibility index (Phi) is 4.28. The van der Waals surface area contributed by atoms with E-state index in [4.69, 9.17) is 0 Å². The van der Waals surface area contributed by atoms with Crippen LogP contribution < -0.4 is 10.6 Å². The smallest absolute Gasteiger partial charge is 0.327 e. The van der Waals surface area contributed by atoms with Crippen molar-refractivity contribution in [2.24, 2.45) is 0 Å². The molecular formula is C14H16N4O4S. The van der Waals surface area contributed by atoms with Crippen LogP contribution in [0.5, 0.6) is 0 Å². The van der Waals surface area contributed by atoms with E-state index >= 15 is 0 Å². The summed E-state index contributed by atoms with van der Waals surface area (Å²) in [6.45, 7) is 0.417. The summed E-state index contributed by atoms with van der Waals surface area (Å²) in [5.74, 6) is -1.04. The Morgan fingerprint density at radius 1 is 1.35 bits per heavy atom. The van der Waals surface area contributed by atoms with Gasteiger partial charge in [0.15, 0.2) is 0 Å². The Morgan fingerprint density at radius 3 is 2.87 bits per heavy atom. The largest absolute Gasteiger partial charge is 0.333 e. The number of carbonyl (C=O) groups is 4. The zero-order chi connectivity index (χ0) is 16.4. The second kappa shape index (κ2) is 6.37. The monoisotopic (exact) mass is 336 g/mol. The maximum Gasteiger partial charge on any atom is 0.327 e. The van der Waals surface area contributed by atoms with E-state index in [0.717, 1.165) is 16.2 Å². The van der Waals surface area contributed by atoms with Gasteiger partial charge in [-0.05, 0) is 24.3 Å². The lowest BCUT2D eigenvalue weighted by Gasteiger charge is -2.14. The Hall–Kier alpha value is -2.42. The third-order valence-corrected chi connectivity index (χ3v) is 4.71. The molecule has 1 aromatic heterocycles. The highest BCUT2D eigenvalue weighted by Crippen LogP contribution is 2.26. The number of carbonyl (C=O) groups excluding carboxylic acids is 4. The standard InChI is InChI=1S/C14H16N4O4S/c19-11(16-13(21)15-7-9-3-2-6-23-9)8-18-12(20)10-4-1-5-17(10)14(18)22/h2-3,6,10H,1,4-5,7-8H2,(H2,15,16,19,21)/t10-/m1/s1. The minimum Gasteiger partial charge on any atom is -0.333 e. The number of hydrogen-bond donors (Lipinski definition) is 2. The zero-order valence-electron chi connectivity index (χ0n) is 12.3. The van der Waals surface area contributed by atoms with Gasteiger partial charge in [-0.2, -0.15) is 0 Å². The van der Waals surface area contributed by atoms with Gasteiger partial charge in [-0.15, -0.1) is 11.3 Å². The topological polar surface area (TPSA) is 98.8 Å². The summed E-state index contributed by atoms with van der Waals surface area (Å²) >= 11 is 1.49. The van der Waals surface area contributed by atoms with Crippen LogP contribution in [0, 0.1) is 0 Å². The molecule has 0 saturated carbocycles. The SMILES string of the molecule is O=C(CN1C(=O)[C@H]2CCCN2C1=O)NC(=O)NCc1cccs1. The number of nitrogens with zero attached hydrogens (tertiary/aromatic N) is 2. The number of amides is 6. The Morgan fingerprint density at radius 2 is 2.17 bits per heavy atom. The summed E-state index contributed by atoms with van der Waals surface area (Å²) in [5.41, 5.74) is 0. The molecule has 8 nitrogen and oxygen atoms in total. The fraction of sp³-hybridized carbons (Fsp3) is 0.429. The molecule has 0 aliphatic carbocycles. The average Bonchev–Trinajstić information content (AvgIpc) is 3.23. The molecule has 2 saturated heterocycles. The molecule has 1 atom stereocenters. The molecule has 2 fully saturated rings. The predicted molar refractivity (Wildman–Crippen MR) is 81.5 cm³/mol. The van der Waals surface area contributed by atoms with E-state index in [1.54, 1.807) is 0 Å². The molecule has 0 spiro atoms. The highest BCUT2D eigenvalue weighted by atomic mass is 32.1. The van der Waals surface area contributed by atoms with Gasteiger partial charge in [0.1, 0.15) is 12.6 Å². The quantitative estimate of drug-likeness (QED) is 0.782. The molecule has 2 N–H and O–H groups in total. The highest BCUT2D eigenvalue weighted by Gasteiger charge is 2.47. The van der Waals surface area contributed by atoms with Crippen LogP contribution in [-0.4, -0.2) is 52.8 Å². The summed E-state index contributed by atoms with van der Waals surface area (Å²) in [6.07, 6.45) is 1.43. The van der Waals surface area contributed by atoms with Crippen LogP contribution in [-0.2, 0) is 16.1 Å². The third-order valence-electron chi connectivity index (χ3n) is 3.84. The molecule has 0 bridgehead atoms.